The van der Waals surface area contributed by atoms with Gasteiger partial charge in [0.1, 0.15) is 12.0 Å². The molecule has 148 valence electrons. The monoisotopic (exact) mass is 382 g/mol. The quantitative estimate of drug-likeness (QED) is 0.454. The van der Waals surface area contributed by atoms with Crippen LogP contribution in [0.3, 0.4) is 0 Å². The first-order valence-corrected chi connectivity index (χ1v) is 9.54. The highest BCUT2D eigenvalue weighted by atomic mass is 16.6. The van der Waals surface area contributed by atoms with E-state index < -0.39 is 4.92 Å². The molecule has 0 amide bonds. The Kier molecular flexibility index (Phi) is 5.77. The lowest BCUT2D eigenvalue weighted by Crippen LogP contribution is -2.25. The van der Waals surface area contributed by atoms with E-state index in [2.05, 4.69) is 35.1 Å². The molecule has 2 aromatic heterocycles. The molecule has 0 unspecified atom stereocenters. The minimum Gasteiger partial charge on any atom is -0.370 e. The van der Waals surface area contributed by atoms with Gasteiger partial charge in [0.2, 0.25) is 5.95 Å². The maximum absolute atomic E-state index is 11.0. The number of anilines is 3. The Morgan fingerprint density at radius 2 is 1.96 bits per heavy atom. The molecule has 3 aromatic rings. The zero-order valence-electron chi connectivity index (χ0n) is 16.8. The lowest BCUT2D eigenvalue weighted by atomic mass is 10.2. The molecule has 2 heterocycles. The SMILES string of the molecule is CCCN(CCC)c1cccc2nc(Nc3cc(C)c([N+](=O)[O-])cn3)n(C)c12. The van der Waals surface area contributed by atoms with Crippen molar-refractivity contribution >= 4 is 34.2 Å². The zero-order chi connectivity index (χ0) is 20.3. The van der Waals surface area contributed by atoms with Gasteiger partial charge in [0.05, 0.1) is 21.6 Å². The van der Waals surface area contributed by atoms with Crippen LogP contribution in [-0.4, -0.2) is 32.5 Å². The Bertz CT molecular complexity index is 992. The van der Waals surface area contributed by atoms with Gasteiger partial charge in [-0.15, -0.1) is 0 Å². The van der Waals surface area contributed by atoms with Crippen molar-refractivity contribution in [3.05, 3.63) is 46.1 Å². The van der Waals surface area contributed by atoms with Gasteiger partial charge < -0.3 is 14.8 Å². The average Bonchev–Trinajstić information content (AvgIpc) is 2.97. The molecule has 0 saturated carbocycles. The maximum atomic E-state index is 11.0. The minimum absolute atomic E-state index is 0.00705. The minimum atomic E-state index is -0.427. The van der Waals surface area contributed by atoms with E-state index in [1.165, 1.54) is 6.20 Å². The number of aryl methyl sites for hydroxylation is 2. The van der Waals surface area contributed by atoms with Crippen molar-refractivity contribution in [3.63, 3.8) is 0 Å². The van der Waals surface area contributed by atoms with Crippen LogP contribution in [0, 0.1) is 17.0 Å². The van der Waals surface area contributed by atoms with E-state index in [1.54, 1.807) is 13.0 Å². The van der Waals surface area contributed by atoms with Crippen LogP contribution in [-0.2, 0) is 7.05 Å². The summed E-state index contributed by atoms with van der Waals surface area (Å²) in [7, 11) is 1.97. The van der Waals surface area contributed by atoms with E-state index in [1.807, 2.05) is 23.7 Å². The van der Waals surface area contributed by atoms with Crippen molar-refractivity contribution in [2.75, 3.05) is 23.3 Å². The number of aromatic nitrogens is 3. The second-order valence-corrected chi connectivity index (χ2v) is 6.86. The highest BCUT2D eigenvalue weighted by Gasteiger charge is 2.17. The molecule has 0 fully saturated rings. The number of nitrogens with one attached hydrogen (secondary N) is 1. The fourth-order valence-electron chi connectivity index (χ4n) is 3.43. The third-order valence-corrected chi connectivity index (χ3v) is 4.72. The second-order valence-electron chi connectivity index (χ2n) is 6.86. The Hall–Kier alpha value is -3.16. The number of nitrogens with zero attached hydrogens (tertiary/aromatic N) is 5. The Labute approximate surface area is 164 Å². The summed E-state index contributed by atoms with van der Waals surface area (Å²) >= 11 is 0. The molecule has 0 radical (unpaired) electrons. The molecule has 0 aliphatic heterocycles. The molecule has 1 aromatic carbocycles. The topological polar surface area (TPSA) is 89.1 Å². The molecule has 0 bridgehead atoms. The number of hydrogen-bond acceptors (Lipinski definition) is 6. The van der Waals surface area contributed by atoms with Crippen molar-refractivity contribution in [1.29, 1.82) is 0 Å². The zero-order valence-corrected chi connectivity index (χ0v) is 16.8. The van der Waals surface area contributed by atoms with Crippen molar-refractivity contribution in [2.45, 2.75) is 33.6 Å². The molecule has 3 rings (SSSR count). The number of rotatable bonds is 8. The van der Waals surface area contributed by atoms with E-state index in [0.29, 0.717) is 17.3 Å². The van der Waals surface area contributed by atoms with Crippen LogP contribution in [0.5, 0.6) is 0 Å². The molecular formula is C20H26N6O2. The van der Waals surface area contributed by atoms with E-state index in [-0.39, 0.29) is 5.69 Å². The fourth-order valence-corrected chi connectivity index (χ4v) is 3.43. The van der Waals surface area contributed by atoms with Gasteiger partial charge in [-0.2, -0.15) is 0 Å². The normalized spacial score (nSPS) is 11.0. The number of pyridine rings is 1. The first-order chi connectivity index (χ1) is 13.5. The van der Waals surface area contributed by atoms with Crippen LogP contribution in [0.4, 0.5) is 23.1 Å². The predicted molar refractivity (Wildman–Crippen MR) is 112 cm³/mol. The van der Waals surface area contributed by atoms with Gasteiger partial charge in [0, 0.05) is 25.7 Å². The van der Waals surface area contributed by atoms with E-state index in [9.17, 15) is 10.1 Å². The molecule has 1 N–H and O–H groups in total. The van der Waals surface area contributed by atoms with Crippen LogP contribution in [0.25, 0.3) is 11.0 Å². The summed E-state index contributed by atoms with van der Waals surface area (Å²) in [4.78, 5) is 21.8. The summed E-state index contributed by atoms with van der Waals surface area (Å²) in [5.74, 6) is 1.18. The van der Waals surface area contributed by atoms with Crippen molar-refractivity contribution in [1.82, 2.24) is 14.5 Å². The van der Waals surface area contributed by atoms with Crippen LogP contribution < -0.4 is 10.2 Å². The third-order valence-electron chi connectivity index (χ3n) is 4.72. The molecule has 0 spiro atoms. The van der Waals surface area contributed by atoms with Crippen molar-refractivity contribution < 1.29 is 4.92 Å². The van der Waals surface area contributed by atoms with Crippen molar-refractivity contribution in [2.24, 2.45) is 7.05 Å². The highest BCUT2D eigenvalue weighted by molar-refractivity contribution is 5.91. The molecule has 8 heteroatoms. The molecule has 8 nitrogen and oxygen atoms in total. The summed E-state index contributed by atoms with van der Waals surface area (Å²) in [6.45, 7) is 8.04. The van der Waals surface area contributed by atoms with Gasteiger partial charge in [-0.05, 0) is 38.0 Å². The lowest BCUT2D eigenvalue weighted by Gasteiger charge is -2.24. The van der Waals surface area contributed by atoms with E-state index in [0.717, 1.165) is 42.7 Å². The molecule has 0 saturated heterocycles. The average molecular weight is 382 g/mol. The number of benzene rings is 1. The summed E-state index contributed by atoms with van der Waals surface area (Å²) in [6, 6.07) is 7.82. The van der Waals surface area contributed by atoms with E-state index >= 15 is 0 Å². The third kappa shape index (κ3) is 3.76. The highest BCUT2D eigenvalue weighted by Crippen LogP contribution is 2.30. The van der Waals surface area contributed by atoms with Gasteiger partial charge in [0.25, 0.3) is 5.69 Å². The van der Waals surface area contributed by atoms with Gasteiger partial charge >= 0.3 is 0 Å². The molecule has 28 heavy (non-hydrogen) atoms. The summed E-state index contributed by atoms with van der Waals surface area (Å²) in [5, 5.41) is 14.2. The molecule has 0 atom stereocenters. The summed E-state index contributed by atoms with van der Waals surface area (Å²) < 4.78 is 2.02. The number of imidazole rings is 1. The van der Waals surface area contributed by atoms with Gasteiger partial charge in [-0.25, -0.2) is 9.97 Å². The first kappa shape index (κ1) is 19.6. The van der Waals surface area contributed by atoms with Gasteiger partial charge in [0.15, 0.2) is 0 Å². The Balaban J connectivity index is 2.00. The van der Waals surface area contributed by atoms with Crippen LogP contribution in [0.15, 0.2) is 30.5 Å². The van der Waals surface area contributed by atoms with Crippen molar-refractivity contribution in [3.8, 4) is 0 Å². The number of para-hydroxylation sites is 1. The first-order valence-electron chi connectivity index (χ1n) is 9.54. The molecular weight excluding hydrogens is 356 g/mol. The fraction of sp³-hybridized carbons (Fsp3) is 0.400. The smallest absolute Gasteiger partial charge is 0.290 e. The number of fused-ring (bicyclic) bond motifs is 1. The summed E-state index contributed by atoms with van der Waals surface area (Å²) in [5.41, 5.74) is 3.69. The van der Waals surface area contributed by atoms with Crippen LogP contribution >= 0.6 is 0 Å². The number of hydrogen-bond donors (Lipinski definition) is 1. The van der Waals surface area contributed by atoms with Crippen LogP contribution in [0.2, 0.25) is 0 Å². The largest absolute Gasteiger partial charge is 0.370 e. The molecule has 0 aliphatic rings. The Morgan fingerprint density at radius 3 is 2.57 bits per heavy atom. The van der Waals surface area contributed by atoms with Gasteiger partial charge in [-0.3, -0.25) is 10.1 Å². The number of nitro groups is 1. The predicted octanol–water partition coefficient (Wildman–Crippen LogP) is 4.55. The second kappa shape index (κ2) is 8.24. The summed E-state index contributed by atoms with van der Waals surface area (Å²) in [6.07, 6.45) is 3.42. The van der Waals surface area contributed by atoms with Gasteiger partial charge in [-0.1, -0.05) is 19.9 Å². The van der Waals surface area contributed by atoms with E-state index in [4.69, 9.17) is 4.98 Å². The van der Waals surface area contributed by atoms with Crippen LogP contribution in [0.1, 0.15) is 32.3 Å². The Morgan fingerprint density at radius 1 is 1.25 bits per heavy atom. The molecule has 0 aliphatic carbocycles. The lowest BCUT2D eigenvalue weighted by molar-refractivity contribution is -0.385. The maximum Gasteiger partial charge on any atom is 0.290 e. The standard InChI is InChI=1S/C20H26N6O2/c1-5-10-25(11-6-2)16-9-7-8-15-19(16)24(4)20(22-15)23-18-12-14(3)17(13-21-18)26(27)28/h7-9,12-13H,5-6,10-11H2,1-4H3,(H,21,22,23).